The SMILES string of the molecule is CCCNc1cc(NC(C)CC(C)C)ncn1. The van der Waals surface area contributed by atoms with Crippen molar-refractivity contribution in [2.45, 2.75) is 46.6 Å². The topological polar surface area (TPSA) is 49.8 Å². The van der Waals surface area contributed by atoms with Crippen LogP contribution in [0.4, 0.5) is 11.6 Å². The van der Waals surface area contributed by atoms with Crippen LogP contribution in [-0.2, 0) is 0 Å². The van der Waals surface area contributed by atoms with Crippen molar-refractivity contribution in [3.8, 4) is 0 Å². The molecule has 96 valence electrons. The van der Waals surface area contributed by atoms with Gasteiger partial charge in [-0.1, -0.05) is 20.8 Å². The summed E-state index contributed by atoms with van der Waals surface area (Å²) < 4.78 is 0. The lowest BCUT2D eigenvalue weighted by molar-refractivity contribution is 0.539. The molecule has 0 aromatic carbocycles. The minimum absolute atomic E-state index is 0.434. The minimum Gasteiger partial charge on any atom is -0.370 e. The highest BCUT2D eigenvalue weighted by Gasteiger charge is 2.06. The molecule has 4 heteroatoms. The van der Waals surface area contributed by atoms with Crippen molar-refractivity contribution in [3.05, 3.63) is 12.4 Å². The quantitative estimate of drug-likeness (QED) is 0.763. The molecule has 0 spiro atoms. The summed E-state index contributed by atoms with van der Waals surface area (Å²) in [6, 6.07) is 2.40. The number of nitrogens with one attached hydrogen (secondary N) is 2. The zero-order valence-corrected chi connectivity index (χ0v) is 11.3. The van der Waals surface area contributed by atoms with E-state index < -0.39 is 0 Å². The maximum atomic E-state index is 4.23. The third kappa shape index (κ3) is 5.52. The van der Waals surface area contributed by atoms with E-state index in [9.17, 15) is 0 Å². The van der Waals surface area contributed by atoms with Crippen LogP contribution in [0.1, 0.15) is 40.5 Å². The maximum Gasteiger partial charge on any atom is 0.131 e. The van der Waals surface area contributed by atoms with Gasteiger partial charge in [0.25, 0.3) is 0 Å². The summed E-state index contributed by atoms with van der Waals surface area (Å²) in [4.78, 5) is 8.42. The zero-order valence-electron chi connectivity index (χ0n) is 11.3. The van der Waals surface area contributed by atoms with Gasteiger partial charge in [-0.05, 0) is 25.7 Å². The van der Waals surface area contributed by atoms with Crippen molar-refractivity contribution in [2.24, 2.45) is 5.92 Å². The number of hydrogen-bond acceptors (Lipinski definition) is 4. The molecule has 1 unspecified atom stereocenters. The van der Waals surface area contributed by atoms with Crippen molar-refractivity contribution in [3.63, 3.8) is 0 Å². The van der Waals surface area contributed by atoms with Crippen LogP contribution in [0, 0.1) is 5.92 Å². The first kappa shape index (κ1) is 13.7. The predicted octanol–water partition coefficient (Wildman–Crippen LogP) is 3.15. The molecule has 0 aliphatic carbocycles. The van der Waals surface area contributed by atoms with Gasteiger partial charge in [0, 0.05) is 18.7 Å². The Morgan fingerprint density at radius 1 is 1.18 bits per heavy atom. The Hall–Kier alpha value is -1.32. The highest BCUT2D eigenvalue weighted by atomic mass is 15.1. The fraction of sp³-hybridized carbons (Fsp3) is 0.692. The Labute approximate surface area is 104 Å². The highest BCUT2D eigenvalue weighted by molar-refractivity contribution is 5.46. The second kappa shape index (κ2) is 7.09. The monoisotopic (exact) mass is 236 g/mol. The molecule has 0 bridgehead atoms. The average Bonchev–Trinajstić information content (AvgIpc) is 2.25. The van der Waals surface area contributed by atoms with Gasteiger partial charge in [0.05, 0.1) is 0 Å². The molecule has 4 nitrogen and oxygen atoms in total. The highest BCUT2D eigenvalue weighted by Crippen LogP contribution is 2.13. The fourth-order valence-electron chi connectivity index (χ4n) is 1.80. The van der Waals surface area contributed by atoms with E-state index in [2.05, 4.69) is 48.3 Å². The lowest BCUT2D eigenvalue weighted by Crippen LogP contribution is -2.18. The molecule has 1 aromatic rings. The minimum atomic E-state index is 0.434. The standard InChI is InChI=1S/C13H24N4/c1-5-6-14-12-8-13(16-9-15-12)17-11(4)7-10(2)3/h8-11H,5-7H2,1-4H3,(H2,14,15,16,17). The Kier molecular flexibility index (Phi) is 5.73. The molecule has 2 N–H and O–H groups in total. The van der Waals surface area contributed by atoms with Crippen LogP contribution in [0.3, 0.4) is 0 Å². The van der Waals surface area contributed by atoms with Gasteiger partial charge in [0.2, 0.25) is 0 Å². The van der Waals surface area contributed by atoms with Crippen LogP contribution >= 0.6 is 0 Å². The molecule has 1 heterocycles. The van der Waals surface area contributed by atoms with E-state index in [1.807, 2.05) is 6.07 Å². The first-order valence-corrected chi connectivity index (χ1v) is 6.44. The van der Waals surface area contributed by atoms with Gasteiger partial charge in [-0.15, -0.1) is 0 Å². The van der Waals surface area contributed by atoms with Gasteiger partial charge in [0.1, 0.15) is 18.0 Å². The van der Waals surface area contributed by atoms with Crippen molar-refractivity contribution in [1.29, 1.82) is 0 Å². The van der Waals surface area contributed by atoms with Crippen molar-refractivity contribution in [2.75, 3.05) is 17.2 Å². The number of anilines is 2. The summed E-state index contributed by atoms with van der Waals surface area (Å²) >= 11 is 0. The number of rotatable bonds is 7. The molecule has 1 aromatic heterocycles. The van der Waals surface area contributed by atoms with E-state index in [4.69, 9.17) is 0 Å². The van der Waals surface area contributed by atoms with Gasteiger partial charge < -0.3 is 10.6 Å². The molecule has 0 aliphatic rings. The summed E-state index contributed by atoms with van der Waals surface area (Å²) in [6.45, 7) is 9.72. The van der Waals surface area contributed by atoms with E-state index in [-0.39, 0.29) is 0 Å². The lowest BCUT2D eigenvalue weighted by Gasteiger charge is -2.16. The number of nitrogens with zero attached hydrogens (tertiary/aromatic N) is 2. The predicted molar refractivity (Wildman–Crippen MR) is 73.4 cm³/mol. The first-order valence-electron chi connectivity index (χ1n) is 6.44. The van der Waals surface area contributed by atoms with Crippen LogP contribution in [0.25, 0.3) is 0 Å². The molecule has 1 rings (SSSR count). The van der Waals surface area contributed by atoms with Gasteiger partial charge in [-0.3, -0.25) is 0 Å². The number of aromatic nitrogens is 2. The molecule has 1 atom stereocenters. The largest absolute Gasteiger partial charge is 0.370 e. The summed E-state index contributed by atoms with van der Waals surface area (Å²) in [5.41, 5.74) is 0. The van der Waals surface area contributed by atoms with Crippen LogP contribution in [-0.4, -0.2) is 22.6 Å². The molecular formula is C13H24N4. The average molecular weight is 236 g/mol. The van der Waals surface area contributed by atoms with E-state index in [1.165, 1.54) is 0 Å². The van der Waals surface area contributed by atoms with Crippen LogP contribution in [0.15, 0.2) is 12.4 Å². The Morgan fingerprint density at radius 2 is 1.88 bits per heavy atom. The summed E-state index contributed by atoms with van der Waals surface area (Å²) in [6.07, 6.45) is 3.83. The van der Waals surface area contributed by atoms with E-state index in [1.54, 1.807) is 6.33 Å². The Balaban J connectivity index is 2.52. The molecule has 0 amide bonds. The van der Waals surface area contributed by atoms with Crippen LogP contribution < -0.4 is 10.6 Å². The number of hydrogen-bond donors (Lipinski definition) is 2. The maximum absolute atomic E-state index is 4.23. The molecule has 17 heavy (non-hydrogen) atoms. The molecule has 0 radical (unpaired) electrons. The third-order valence-corrected chi connectivity index (χ3v) is 2.44. The van der Waals surface area contributed by atoms with Gasteiger partial charge in [-0.2, -0.15) is 0 Å². The summed E-state index contributed by atoms with van der Waals surface area (Å²) in [5, 5.41) is 6.66. The molecule has 0 saturated heterocycles. The van der Waals surface area contributed by atoms with Crippen molar-refractivity contribution >= 4 is 11.6 Å². The van der Waals surface area contributed by atoms with Gasteiger partial charge in [0.15, 0.2) is 0 Å². The normalized spacial score (nSPS) is 12.5. The van der Waals surface area contributed by atoms with E-state index in [0.717, 1.165) is 31.0 Å². The zero-order chi connectivity index (χ0) is 12.7. The summed E-state index contributed by atoms with van der Waals surface area (Å²) in [5.74, 6) is 2.48. The van der Waals surface area contributed by atoms with Crippen molar-refractivity contribution in [1.82, 2.24) is 9.97 Å². The van der Waals surface area contributed by atoms with Gasteiger partial charge >= 0.3 is 0 Å². The molecule has 0 fully saturated rings. The molecular weight excluding hydrogens is 212 g/mol. The lowest BCUT2D eigenvalue weighted by atomic mass is 10.1. The van der Waals surface area contributed by atoms with Gasteiger partial charge in [-0.25, -0.2) is 9.97 Å². The van der Waals surface area contributed by atoms with E-state index in [0.29, 0.717) is 12.0 Å². The third-order valence-electron chi connectivity index (χ3n) is 2.44. The Morgan fingerprint density at radius 3 is 2.53 bits per heavy atom. The Bertz CT molecular complexity index is 325. The van der Waals surface area contributed by atoms with Crippen LogP contribution in [0.5, 0.6) is 0 Å². The first-order chi connectivity index (χ1) is 8.11. The van der Waals surface area contributed by atoms with Crippen LogP contribution in [0.2, 0.25) is 0 Å². The van der Waals surface area contributed by atoms with E-state index >= 15 is 0 Å². The second-order valence-electron chi connectivity index (χ2n) is 4.89. The second-order valence-corrected chi connectivity index (χ2v) is 4.89. The molecule has 0 saturated carbocycles. The van der Waals surface area contributed by atoms with Crippen molar-refractivity contribution < 1.29 is 0 Å². The molecule has 0 aliphatic heterocycles. The summed E-state index contributed by atoms with van der Waals surface area (Å²) in [7, 11) is 0. The fourth-order valence-corrected chi connectivity index (χ4v) is 1.80. The smallest absolute Gasteiger partial charge is 0.131 e.